The molecule has 0 bridgehead atoms. The number of aliphatic hydroxyl groups excluding tert-OH is 2. The van der Waals surface area contributed by atoms with Crippen LogP contribution in [-0.4, -0.2) is 33.6 Å². The Morgan fingerprint density at radius 2 is 1.19 bits per heavy atom. The Bertz CT molecular complexity index is 805. The van der Waals surface area contributed by atoms with Crippen LogP contribution in [0, 0.1) is 19.8 Å². The van der Waals surface area contributed by atoms with E-state index in [2.05, 4.69) is 12.1 Å². The minimum atomic E-state index is -0.0687. The highest BCUT2D eigenvalue weighted by molar-refractivity contribution is 5.54. The molecule has 4 nitrogen and oxygen atoms in total. The fraction of sp³-hybridized carbons (Fsp3) is 0.556. The Kier molecular flexibility index (Phi) is 8.39. The Morgan fingerprint density at radius 3 is 1.61 bits per heavy atom. The van der Waals surface area contributed by atoms with Gasteiger partial charge in [0, 0.05) is 30.3 Å². The van der Waals surface area contributed by atoms with E-state index < -0.39 is 0 Å². The second-order valence-corrected chi connectivity index (χ2v) is 9.23. The fourth-order valence-corrected chi connectivity index (χ4v) is 5.24. The van der Waals surface area contributed by atoms with E-state index in [-0.39, 0.29) is 19.1 Å². The molecule has 31 heavy (non-hydrogen) atoms. The van der Waals surface area contributed by atoms with Gasteiger partial charge in [0.2, 0.25) is 0 Å². The molecule has 1 aliphatic carbocycles. The zero-order valence-corrected chi connectivity index (χ0v) is 19.0. The lowest BCUT2D eigenvalue weighted by molar-refractivity contribution is 0.288. The van der Waals surface area contributed by atoms with Crippen LogP contribution in [0.15, 0.2) is 24.3 Å². The van der Waals surface area contributed by atoms with Crippen LogP contribution in [0.25, 0.3) is 0 Å². The monoisotopic (exact) mass is 426 g/mol. The van der Waals surface area contributed by atoms with Crippen molar-refractivity contribution in [3.05, 3.63) is 57.6 Å². The van der Waals surface area contributed by atoms with Crippen LogP contribution in [0.4, 0.5) is 0 Å². The number of phenols is 2. The molecular weight excluding hydrogens is 388 g/mol. The number of benzene rings is 2. The zero-order valence-electron chi connectivity index (χ0n) is 19.0. The molecule has 0 saturated heterocycles. The normalized spacial score (nSPS) is 15.0. The Morgan fingerprint density at radius 1 is 0.742 bits per heavy atom. The molecule has 0 spiro atoms. The number of aromatic hydroxyl groups is 2. The van der Waals surface area contributed by atoms with Gasteiger partial charge in [-0.25, -0.2) is 0 Å². The van der Waals surface area contributed by atoms with Gasteiger partial charge >= 0.3 is 0 Å². The van der Waals surface area contributed by atoms with Gasteiger partial charge in [-0.2, -0.15) is 0 Å². The average Bonchev–Trinajstić information content (AvgIpc) is 2.77. The Balaban J connectivity index is 2.14. The summed E-state index contributed by atoms with van der Waals surface area (Å²) in [5.74, 6) is 0.939. The maximum absolute atomic E-state index is 11.1. The predicted molar refractivity (Wildman–Crippen MR) is 125 cm³/mol. The van der Waals surface area contributed by atoms with Crippen molar-refractivity contribution in [2.24, 2.45) is 5.92 Å². The molecular formula is C27H38O4. The molecule has 0 aromatic heterocycles. The highest BCUT2D eigenvalue weighted by Gasteiger charge is 2.32. The topological polar surface area (TPSA) is 80.9 Å². The Labute approximate surface area is 186 Å². The SMILES string of the molecule is Cc1cc(CCCO)cc(C(c2cc(CCCO)cc(C)c2O)C2CCCCC2)c1O. The second-order valence-electron chi connectivity index (χ2n) is 9.23. The van der Waals surface area contributed by atoms with E-state index in [4.69, 9.17) is 0 Å². The number of phenolic OH excluding ortho intramolecular Hbond substituents is 2. The van der Waals surface area contributed by atoms with Crippen LogP contribution in [0.3, 0.4) is 0 Å². The predicted octanol–water partition coefficient (Wildman–Crippen LogP) is 5.28. The van der Waals surface area contributed by atoms with Gasteiger partial charge in [0.15, 0.2) is 0 Å². The van der Waals surface area contributed by atoms with Crippen molar-refractivity contribution in [2.75, 3.05) is 13.2 Å². The maximum Gasteiger partial charge on any atom is 0.122 e. The van der Waals surface area contributed by atoms with Crippen molar-refractivity contribution in [1.82, 2.24) is 0 Å². The summed E-state index contributed by atoms with van der Waals surface area (Å²) in [5.41, 5.74) is 5.72. The summed E-state index contributed by atoms with van der Waals surface area (Å²) < 4.78 is 0. The molecule has 1 fully saturated rings. The third-order valence-electron chi connectivity index (χ3n) is 6.82. The van der Waals surface area contributed by atoms with E-state index in [0.717, 1.165) is 59.1 Å². The van der Waals surface area contributed by atoms with Crippen LogP contribution >= 0.6 is 0 Å². The van der Waals surface area contributed by atoms with Crippen molar-refractivity contribution in [1.29, 1.82) is 0 Å². The number of aliphatic hydroxyl groups is 2. The molecule has 3 rings (SSSR count). The quantitative estimate of drug-likeness (QED) is 0.440. The lowest BCUT2D eigenvalue weighted by atomic mass is 9.72. The number of aryl methyl sites for hydroxylation is 4. The molecule has 0 aliphatic heterocycles. The summed E-state index contributed by atoms with van der Waals surface area (Å²) in [6, 6.07) is 8.20. The summed E-state index contributed by atoms with van der Waals surface area (Å²) in [6.07, 6.45) is 8.69. The van der Waals surface area contributed by atoms with Crippen molar-refractivity contribution < 1.29 is 20.4 Å². The summed E-state index contributed by atoms with van der Waals surface area (Å²) in [4.78, 5) is 0. The van der Waals surface area contributed by atoms with E-state index in [0.29, 0.717) is 30.3 Å². The average molecular weight is 427 g/mol. The van der Waals surface area contributed by atoms with E-state index in [1.807, 2.05) is 26.0 Å². The van der Waals surface area contributed by atoms with Crippen molar-refractivity contribution in [3.8, 4) is 11.5 Å². The van der Waals surface area contributed by atoms with Gasteiger partial charge < -0.3 is 20.4 Å². The smallest absolute Gasteiger partial charge is 0.122 e. The van der Waals surface area contributed by atoms with Crippen LogP contribution in [0.1, 0.15) is 84.2 Å². The molecule has 4 N–H and O–H groups in total. The molecule has 0 amide bonds. The molecule has 0 heterocycles. The van der Waals surface area contributed by atoms with Crippen LogP contribution in [0.2, 0.25) is 0 Å². The number of rotatable bonds is 9. The first-order valence-corrected chi connectivity index (χ1v) is 11.8. The minimum absolute atomic E-state index is 0.0687. The van der Waals surface area contributed by atoms with Gasteiger partial charge in [0.1, 0.15) is 11.5 Å². The third-order valence-corrected chi connectivity index (χ3v) is 6.82. The first kappa shape index (κ1) is 23.6. The molecule has 2 aromatic rings. The summed E-state index contributed by atoms with van der Waals surface area (Å²) >= 11 is 0. The van der Waals surface area contributed by atoms with Crippen molar-refractivity contribution >= 4 is 0 Å². The van der Waals surface area contributed by atoms with E-state index in [1.54, 1.807) is 0 Å². The van der Waals surface area contributed by atoms with E-state index in [9.17, 15) is 20.4 Å². The summed E-state index contributed by atoms with van der Waals surface area (Å²) in [5, 5.41) is 40.8. The molecule has 4 heteroatoms. The van der Waals surface area contributed by atoms with Gasteiger partial charge in [0.25, 0.3) is 0 Å². The highest BCUT2D eigenvalue weighted by Crippen LogP contribution is 2.47. The lowest BCUT2D eigenvalue weighted by Gasteiger charge is -2.33. The molecule has 0 radical (unpaired) electrons. The van der Waals surface area contributed by atoms with Crippen LogP contribution in [0.5, 0.6) is 11.5 Å². The van der Waals surface area contributed by atoms with Crippen molar-refractivity contribution in [3.63, 3.8) is 0 Å². The van der Waals surface area contributed by atoms with E-state index >= 15 is 0 Å². The fourth-order valence-electron chi connectivity index (χ4n) is 5.24. The number of hydrogen-bond donors (Lipinski definition) is 4. The van der Waals surface area contributed by atoms with E-state index in [1.165, 1.54) is 19.3 Å². The van der Waals surface area contributed by atoms with Crippen molar-refractivity contribution in [2.45, 2.75) is 77.6 Å². The first-order valence-electron chi connectivity index (χ1n) is 11.8. The third kappa shape index (κ3) is 5.61. The van der Waals surface area contributed by atoms with Crippen LogP contribution in [-0.2, 0) is 12.8 Å². The largest absolute Gasteiger partial charge is 0.507 e. The molecule has 170 valence electrons. The molecule has 1 aliphatic rings. The van der Waals surface area contributed by atoms with Gasteiger partial charge in [0.05, 0.1) is 0 Å². The Hall–Kier alpha value is -2.04. The summed E-state index contributed by atoms with van der Waals surface area (Å²) in [7, 11) is 0. The van der Waals surface area contributed by atoms with Gasteiger partial charge in [-0.3, -0.25) is 0 Å². The first-order chi connectivity index (χ1) is 15.0. The molecule has 1 saturated carbocycles. The maximum atomic E-state index is 11.1. The van der Waals surface area contributed by atoms with Gasteiger partial charge in [-0.1, -0.05) is 43.5 Å². The van der Waals surface area contributed by atoms with Gasteiger partial charge in [-0.15, -0.1) is 0 Å². The standard InChI is InChI=1S/C27H38O4/c1-18-14-20(8-6-12-28)16-23(26(18)30)25(22-10-4-3-5-11-22)24-17-21(9-7-13-29)15-19(2)27(24)31/h14-17,22,25,28-31H,3-13H2,1-2H3. The molecule has 2 aromatic carbocycles. The zero-order chi connectivity index (χ0) is 22.4. The lowest BCUT2D eigenvalue weighted by Crippen LogP contribution is -2.19. The molecule has 0 unspecified atom stereocenters. The van der Waals surface area contributed by atoms with Crippen LogP contribution < -0.4 is 0 Å². The summed E-state index contributed by atoms with van der Waals surface area (Å²) in [6.45, 7) is 4.16. The van der Waals surface area contributed by atoms with Gasteiger partial charge in [-0.05, 0) is 80.5 Å². The number of hydrogen-bond acceptors (Lipinski definition) is 4. The highest BCUT2D eigenvalue weighted by atomic mass is 16.3. The second kappa shape index (κ2) is 11.0. The minimum Gasteiger partial charge on any atom is -0.507 e. The molecule has 0 atom stereocenters.